The number of carbonyl (C=O) groups is 2. The number of nitrogens with zero attached hydrogens (tertiary/aromatic N) is 1. The molecule has 1 heterocycles. The van der Waals surface area contributed by atoms with Crippen molar-refractivity contribution < 1.29 is 9.59 Å². The Kier molecular flexibility index (Phi) is 3.88. The van der Waals surface area contributed by atoms with E-state index in [1.54, 1.807) is 0 Å². The highest BCUT2D eigenvalue weighted by atomic mass is 16.2. The molecule has 0 spiro atoms. The van der Waals surface area contributed by atoms with E-state index >= 15 is 0 Å². The molecule has 2 fully saturated rings. The van der Waals surface area contributed by atoms with Gasteiger partial charge in [-0.05, 0) is 38.0 Å². The number of amides is 2. The van der Waals surface area contributed by atoms with Gasteiger partial charge in [0.1, 0.15) is 5.54 Å². The molecule has 1 saturated carbocycles. The summed E-state index contributed by atoms with van der Waals surface area (Å²) < 4.78 is 0. The van der Waals surface area contributed by atoms with Gasteiger partial charge in [-0.1, -0.05) is 20.3 Å². The van der Waals surface area contributed by atoms with Gasteiger partial charge >= 0.3 is 0 Å². The molecular formula is C15H26N2O2. The first-order chi connectivity index (χ1) is 8.95. The first kappa shape index (κ1) is 14.4. The van der Waals surface area contributed by atoms with Gasteiger partial charge < -0.3 is 10.2 Å². The van der Waals surface area contributed by atoms with E-state index in [1.807, 2.05) is 18.7 Å². The minimum Gasteiger partial charge on any atom is -0.342 e. The topological polar surface area (TPSA) is 49.4 Å². The van der Waals surface area contributed by atoms with Crippen LogP contribution in [-0.4, -0.2) is 35.3 Å². The molecule has 1 aliphatic carbocycles. The van der Waals surface area contributed by atoms with Crippen molar-refractivity contribution in [2.45, 2.75) is 64.8 Å². The second kappa shape index (κ2) is 5.14. The van der Waals surface area contributed by atoms with Gasteiger partial charge in [-0.15, -0.1) is 0 Å². The number of hydrogen-bond donors (Lipinski definition) is 1. The summed E-state index contributed by atoms with van der Waals surface area (Å²) in [5, 5.41) is 2.89. The van der Waals surface area contributed by atoms with Gasteiger partial charge in [0.15, 0.2) is 0 Å². The molecule has 1 N–H and O–H groups in total. The lowest BCUT2D eigenvalue weighted by Gasteiger charge is -2.33. The first-order valence-electron chi connectivity index (χ1n) is 7.55. The SMILES string of the molecule is CCCC1(CN2CCC(=O)NC(C)(CC)C2=O)CC1. The Morgan fingerprint density at radius 1 is 1.26 bits per heavy atom. The van der Waals surface area contributed by atoms with Crippen LogP contribution in [0.1, 0.15) is 59.3 Å². The van der Waals surface area contributed by atoms with E-state index in [0.29, 0.717) is 24.8 Å². The first-order valence-corrected chi connectivity index (χ1v) is 7.55. The Morgan fingerprint density at radius 3 is 2.47 bits per heavy atom. The Balaban J connectivity index is 2.11. The molecule has 1 aliphatic heterocycles. The molecule has 1 unspecified atom stereocenters. The number of hydrogen-bond acceptors (Lipinski definition) is 2. The summed E-state index contributed by atoms with van der Waals surface area (Å²) in [7, 11) is 0. The second-order valence-electron chi connectivity index (χ2n) is 6.46. The van der Waals surface area contributed by atoms with E-state index in [2.05, 4.69) is 12.2 Å². The van der Waals surface area contributed by atoms with Crippen LogP contribution in [-0.2, 0) is 9.59 Å². The summed E-state index contributed by atoms with van der Waals surface area (Å²) in [5.74, 6) is 0.101. The summed E-state index contributed by atoms with van der Waals surface area (Å²) in [6.45, 7) is 7.42. The summed E-state index contributed by atoms with van der Waals surface area (Å²) in [4.78, 5) is 26.4. The van der Waals surface area contributed by atoms with Crippen molar-refractivity contribution in [2.24, 2.45) is 5.41 Å². The third-order valence-electron chi connectivity index (χ3n) is 4.75. The maximum Gasteiger partial charge on any atom is 0.248 e. The zero-order chi connectivity index (χ0) is 14.1. The molecule has 0 radical (unpaired) electrons. The van der Waals surface area contributed by atoms with Crippen LogP contribution in [0.2, 0.25) is 0 Å². The van der Waals surface area contributed by atoms with E-state index < -0.39 is 5.54 Å². The average Bonchev–Trinajstić information content (AvgIpc) is 3.14. The Morgan fingerprint density at radius 2 is 1.95 bits per heavy atom. The summed E-state index contributed by atoms with van der Waals surface area (Å²) >= 11 is 0. The highest BCUT2D eigenvalue weighted by Crippen LogP contribution is 2.50. The third-order valence-corrected chi connectivity index (χ3v) is 4.75. The van der Waals surface area contributed by atoms with Crippen molar-refractivity contribution in [3.63, 3.8) is 0 Å². The van der Waals surface area contributed by atoms with Crippen LogP contribution in [0.25, 0.3) is 0 Å². The Labute approximate surface area is 115 Å². The molecule has 4 heteroatoms. The number of nitrogens with one attached hydrogen (secondary N) is 1. The van der Waals surface area contributed by atoms with Gasteiger partial charge in [0, 0.05) is 19.5 Å². The standard InChI is InChI=1S/C15H26N2O2/c1-4-7-15(8-9-15)11-17-10-6-12(18)16-14(3,5-2)13(17)19/h4-11H2,1-3H3,(H,16,18). The quantitative estimate of drug-likeness (QED) is 0.828. The molecule has 0 bridgehead atoms. The molecule has 1 atom stereocenters. The fraction of sp³-hybridized carbons (Fsp3) is 0.867. The lowest BCUT2D eigenvalue weighted by atomic mass is 9.95. The van der Waals surface area contributed by atoms with Gasteiger partial charge in [0.25, 0.3) is 0 Å². The zero-order valence-electron chi connectivity index (χ0n) is 12.4. The molecular weight excluding hydrogens is 240 g/mol. The van der Waals surface area contributed by atoms with Crippen LogP contribution in [0, 0.1) is 5.41 Å². The molecule has 2 rings (SSSR count). The Bertz CT molecular complexity index is 376. The molecule has 2 aliphatic rings. The highest BCUT2D eigenvalue weighted by molar-refractivity contribution is 5.93. The fourth-order valence-corrected chi connectivity index (χ4v) is 3.10. The van der Waals surface area contributed by atoms with Crippen molar-refractivity contribution in [2.75, 3.05) is 13.1 Å². The van der Waals surface area contributed by atoms with Gasteiger partial charge in [0.05, 0.1) is 0 Å². The van der Waals surface area contributed by atoms with Gasteiger partial charge in [-0.2, -0.15) is 0 Å². The van der Waals surface area contributed by atoms with E-state index in [4.69, 9.17) is 0 Å². The van der Waals surface area contributed by atoms with Crippen LogP contribution in [0.15, 0.2) is 0 Å². The fourth-order valence-electron chi connectivity index (χ4n) is 3.10. The minimum atomic E-state index is -0.712. The van der Waals surface area contributed by atoms with Gasteiger partial charge in [0.2, 0.25) is 11.8 Å². The third kappa shape index (κ3) is 2.93. The van der Waals surface area contributed by atoms with Crippen LogP contribution in [0.5, 0.6) is 0 Å². The molecule has 2 amide bonds. The predicted octanol–water partition coefficient (Wildman–Crippen LogP) is 2.08. The molecule has 4 nitrogen and oxygen atoms in total. The van der Waals surface area contributed by atoms with Crippen LogP contribution < -0.4 is 5.32 Å². The molecule has 0 aromatic rings. The molecule has 108 valence electrons. The summed E-state index contributed by atoms with van der Waals surface area (Å²) in [6.07, 6.45) is 5.91. The van der Waals surface area contributed by atoms with Crippen molar-refractivity contribution >= 4 is 11.8 Å². The van der Waals surface area contributed by atoms with E-state index in [0.717, 1.165) is 6.54 Å². The minimum absolute atomic E-state index is 0.000499. The zero-order valence-corrected chi connectivity index (χ0v) is 12.4. The van der Waals surface area contributed by atoms with Crippen molar-refractivity contribution in [1.82, 2.24) is 10.2 Å². The highest BCUT2D eigenvalue weighted by Gasteiger charge is 2.47. The molecule has 0 aromatic heterocycles. The van der Waals surface area contributed by atoms with Gasteiger partial charge in [-0.3, -0.25) is 9.59 Å². The maximum absolute atomic E-state index is 12.7. The van der Waals surface area contributed by atoms with Crippen LogP contribution in [0.4, 0.5) is 0 Å². The lowest BCUT2D eigenvalue weighted by molar-refractivity contribution is -0.139. The average molecular weight is 266 g/mol. The van der Waals surface area contributed by atoms with Crippen molar-refractivity contribution in [3.8, 4) is 0 Å². The normalized spacial score (nSPS) is 29.9. The number of carbonyl (C=O) groups excluding carboxylic acids is 2. The van der Waals surface area contributed by atoms with Crippen LogP contribution >= 0.6 is 0 Å². The molecule has 1 saturated heterocycles. The summed E-state index contributed by atoms with van der Waals surface area (Å²) in [5.41, 5.74) is -0.359. The smallest absolute Gasteiger partial charge is 0.248 e. The molecule has 0 aromatic carbocycles. The monoisotopic (exact) mass is 266 g/mol. The maximum atomic E-state index is 12.7. The van der Waals surface area contributed by atoms with E-state index in [9.17, 15) is 9.59 Å². The summed E-state index contributed by atoms with van der Waals surface area (Å²) in [6, 6.07) is 0. The van der Waals surface area contributed by atoms with Gasteiger partial charge in [-0.25, -0.2) is 0 Å². The Hall–Kier alpha value is -1.06. The largest absolute Gasteiger partial charge is 0.342 e. The second-order valence-corrected chi connectivity index (χ2v) is 6.46. The van der Waals surface area contributed by atoms with E-state index in [-0.39, 0.29) is 11.8 Å². The molecule has 19 heavy (non-hydrogen) atoms. The van der Waals surface area contributed by atoms with Crippen LogP contribution in [0.3, 0.4) is 0 Å². The lowest BCUT2D eigenvalue weighted by Crippen LogP contribution is -2.55. The van der Waals surface area contributed by atoms with E-state index in [1.165, 1.54) is 25.7 Å². The predicted molar refractivity (Wildman–Crippen MR) is 74.6 cm³/mol. The van der Waals surface area contributed by atoms with Crippen molar-refractivity contribution in [3.05, 3.63) is 0 Å². The van der Waals surface area contributed by atoms with Crippen molar-refractivity contribution in [1.29, 1.82) is 0 Å². The number of rotatable bonds is 5.